The summed E-state index contributed by atoms with van der Waals surface area (Å²) in [7, 11) is 0. The van der Waals surface area contributed by atoms with Crippen LogP contribution in [0.15, 0.2) is 54.7 Å². The van der Waals surface area contributed by atoms with Crippen LogP contribution in [0.1, 0.15) is 30.0 Å². The maximum absolute atomic E-state index is 13.0. The number of nitrogens with zero attached hydrogens (tertiary/aromatic N) is 2. The van der Waals surface area contributed by atoms with Crippen molar-refractivity contribution in [3.63, 3.8) is 0 Å². The first-order chi connectivity index (χ1) is 14.3. The van der Waals surface area contributed by atoms with Gasteiger partial charge in [0.15, 0.2) is 0 Å². The number of H-pyrrole nitrogens is 1. The number of carbonyl (C=O) groups excluding carboxylic acids is 1. The highest BCUT2D eigenvalue weighted by atomic mass is 16.5. The SMILES string of the molecule is O=C(NCCc1ccc2cn[nH]c2c1)N1CC2(CCOCC2)C1c1ccccc1. The van der Waals surface area contributed by atoms with Crippen LogP contribution in [0.3, 0.4) is 0 Å². The van der Waals surface area contributed by atoms with Gasteiger partial charge in [-0.25, -0.2) is 4.79 Å². The molecule has 2 aliphatic heterocycles. The molecule has 2 N–H and O–H groups in total. The fourth-order valence-electron chi connectivity index (χ4n) is 4.86. The van der Waals surface area contributed by atoms with Crippen LogP contribution in [0.2, 0.25) is 0 Å². The summed E-state index contributed by atoms with van der Waals surface area (Å²) in [5.41, 5.74) is 3.59. The van der Waals surface area contributed by atoms with Gasteiger partial charge in [0.05, 0.1) is 17.8 Å². The number of rotatable bonds is 4. The van der Waals surface area contributed by atoms with E-state index >= 15 is 0 Å². The van der Waals surface area contributed by atoms with Crippen LogP contribution in [-0.4, -0.2) is 47.4 Å². The molecule has 2 amide bonds. The zero-order chi connectivity index (χ0) is 19.7. The largest absolute Gasteiger partial charge is 0.381 e. The van der Waals surface area contributed by atoms with Gasteiger partial charge in [0.25, 0.3) is 0 Å². The van der Waals surface area contributed by atoms with Gasteiger partial charge in [0, 0.05) is 37.1 Å². The second-order valence-corrected chi connectivity index (χ2v) is 8.19. The maximum atomic E-state index is 13.0. The first-order valence-corrected chi connectivity index (χ1v) is 10.3. The van der Waals surface area contributed by atoms with E-state index in [1.807, 2.05) is 17.2 Å². The number of ether oxygens (including phenoxy) is 1. The zero-order valence-corrected chi connectivity index (χ0v) is 16.4. The number of urea groups is 1. The van der Waals surface area contributed by atoms with Crippen LogP contribution in [0.25, 0.3) is 10.9 Å². The van der Waals surface area contributed by atoms with Crippen LogP contribution in [0, 0.1) is 5.41 Å². The number of nitrogens with one attached hydrogen (secondary N) is 2. The summed E-state index contributed by atoms with van der Waals surface area (Å²) in [5.74, 6) is 0. The Morgan fingerprint density at radius 1 is 1.21 bits per heavy atom. The number of carbonyl (C=O) groups is 1. The Hall–Kier alpha value is -2.86. The van der Waals surface area contributed by atoms with E-state index in [0.29, 0.717) is 6.54 Å². The number of fused-ring (bicyclic) bond motifs is 1. The average Bonchev–Trinajstić information content (AvgIpc) is 3.21. The quantitative estimate of drug-likeness (QED) is 0.714. The van der Waals surface area contributed by atoms with Crippen molar-refractivity contribution in [3.8, 4) is 0 Å². The van der Waals surface area contributed by atoms with Gasteiger partial charge in [0.2, 0.25) is 0 Å². The zero-order valence-electron chi connectivity index (χ0n) is 16.4. The minimum atomic E-state index is 0.0265. The second kappa shape index (κ2) is 7.52. The molecule has 2 aromatic carbocycles. The van der Waals surface area contributed by atoms with Crippen molar-refractivity contribution in [1.82, 2.24) is 20.4 Å². The standard InChI is InChI=1S/C23H26N4O2/c28-22(24-11-8-17-6-7-19-15-25-26-20(19)14-17)27-16-23(9-12-29-13-10-23)21(27)18-4-2-1-3-5-18/h1-7,14-15,21H,8-13,16H2,(H,24,28)(H,25,26). The van der Waals surface area contributed by atoms with Crippen molar-refractivity contribution in [3.05, 3.63) is 65.9 Å². The summed E-state index contributed by atoms with van der Waals surface area (Å²) in [4.78, 5) is 15.0. The number of hydrogen-bond donors (Lipinski definition) is 2. The molecule has 1 aromatic heterocycles. The lowest BCUT2D eigenvalue weighted by atomic mass is 9.64. The minimum Gasteiger partial charge on any atom is -0.381 e. The molecular formula is C23H26N4O2. The number of likely N-dealkylation sites (tertiary alicyclic amines) is 1. The second-order valence-electron chi connectivity index (χ2n) is 8.19. The van der Waals surface area contributed by atoms with Crippen molar-refractivity contribution >= 4 is 16.9 Å². The molecule has 0 aliphatic carbocycles. The van der Waals surface area contributed by atoms with Gasteiger partial charge in [-0.15, -0.1) is 0 Å². The molecule has 5 rings (SSSR count). The number of benzene rings is 2. The van der Waals surface area contributed by atoms with Gasteiger partial charge >= 0.3 is 6.03 Å². The van der Waals surface area contributed by atoms with E-state index < -0.39 is 0 Å². The Bertz CT molecular complexity index is 994. The number of amides is 2. The van der Waals surface area contributed by atoms with Gasteiger partial charge < -0.3 is 15.0 Å². The molecular weight excluding hydrogens is 364 g/mol. The number of aromatic nitrogens is 2. The summed E-state index contributed by atoms with van der Waals surface area (Å²) >= 11 is 0. The molecule has 3 aromatic rings. The molecule has 150 valence electrons. The first kappa shape index (κ1) is 18.2. The molecule has 6 heteroatoms. The van der Waals surface area contributed by atoms with Gasteiger partial charge in [-0.3, -0.25) is 5.10 Å². The fourth-order valence-corrected chi connectivity index (χ4v) is 4.86. The molecule has 2 fully saturated rings. The normalized spacial score (nSPS) is 20.6. The molecule has 2 saturated heterocycles. The van der Waals surface area contributed by atoms with Crippen LogP contribution in [-0.2, 0) is 11.2 Å². The highest BCUT2D eigenvalue weighted by Gasteiger charge is 2.55. The van der Waals surface area contributed by atoms with Gasteiger partial charge in [-0.05, 0) is 36.5 Å². The van der Waals surface area contributed by atoms with E-state index in [9.17, 15) is 4.79 Å². The molecule has 2 aliphatic rings. The Balaban J connectivity index is 1.25. The summed E-state index contributed by atoms with van der Waals surface area (Å²) in [5, 5.41) is 11.3. The lowest BCUT2D eigenvalue weighted by Gasteiger charge is -2.59. The fraction of sp³-hybridized carbons (Fsp3) is 0.391. The van der Waals surface area contributed by atoms with Gasteiger partial charge in [-0.2, -0.15) is 5.10 Å². The molecule has 1 unspecified atom stereocenters. The lowest BCUT2D eigenvalue weighted by molar-refractivity contribution is -0.111. The van der Waals surface area contributed by atoms with E-state index in [0.717, 1.165) is 49.9 Å². The van der Waals surface area contributed by atoms with Gasteiger partial charge in [-0.1, -0.05) is 42.5 Å². The predicted octanol–water partition coefficient (Wildman–Crippen LogP) is 3.67. The Morgan fingerprint density at radius 2 is 2.03 bits per heavy atom. The first-order valence-electron chi connectivity index (χ1n) is 10.3. The Kier molecular flexibility index (Phi) is 4.72. The minimum absolute atomic E-state index is 0.0265. The average molecular weight is 390 g/mol. The van der Waals surface area contributed by atoms with Crippen LogP contribution >= 0.6 is 0 Å². The monoisotopic (exact) mass is 390 g/mol. The van der Waals surface area contributed by atoms with E-state index in [1.54, 1.807) is 0 Å². The van der Waals surface area contributed by atoms with Crippen LogP contribution in [0.4, 0.5) is 4.79 Å². The third kappa shape index (κ3) is 3.38. The Labute approximate surface area is 170 Å². The summed E-state index contributed by atoms with van der Waals surface area (Å²) in [6.45, 7) is 3.00. The van der Waals surface area contributed by atoms with E-state index in [2.05, 4.69) is 58.0 Å². The van der Waals surface area contributed by atoms with E-state index in [1.165, 1.54) is 11.1 Å². The summed E-state index contributed by atoms with van der Waals surface area (Å²) in [6.07, 6.45) is 4.64. The molecule has 29 heavy (non-hydrogen) atoms. The smallest absolute Gasteiger partial charge is 0.317 e. The van der Waals surface area contributed by atoms with Crippen molar-refractivity contribution in [2.75, 3.05) is 26.3 Å². The van der Waals surface area contributed by atoms with Gasteiger partial charge in [0.1, 0.15) is 0 Å². The van der Waals surface area contributed by atoms with Crippen molar-refractivity contribution in [2.45, 2.75) is 25.3 Å². The maximum Gasteiger partial charge on any atom is 0.317 e. The summed E-state index contributed by atoms with van der Waals surface area (Å²) in [6, 6.07) is 16.8. The van der Waals surface area contributed by atoms with E-state index in [4.69, 9.17) is 4.74 Å². The third-order valence-electron chi connectivity index (χ3n) is 6.44. The third-order valence-corrected chi connectivity index (χ3v) is 6.44. The molecule has 3 heterocycles. The highest BCUT2D eigenvalue weighted by molar-refractivity contribution is 5.78. The van der Waals surface area contributed by atoms with Crippen molar-refractivity contribution in [1.29, 1.82) is 0 Å². The lowest BCUT2D eigenvalue weighted by Crippen LogP contribution is -2.64. The highest BCUT2D eigenvalue weighted by Crippen LogP contribution is 2.54. The molecule has 0 bridgehead atoms. The predicted molar refractivity (Wildman–Crippen MR) is 112 cm³/mol. The number of hydrogen-bond acceptors (Lipinski definition) is 3. The molecule has 1 spiro atoms. The molecule has 1 atom stereocenters. The van der Waals surface area contributed by atoms with Crippen LogP contribution < -0.4 is 5.32 Å². The Morgan fingerprint density at radius 3 is 2.86 bits per heavy atom. The van der Waals surface area contributed by atoms with E-state index in [-0.39, 0.29) is 17.5 Å². The van der Waals surface area contributed by atoms with Crippen LogP contribution in [0.5, 0.6) is 0 Å². The number of aromatic amines is 1. The van der Waals surface area contributed by atoms with Crippen molar-refractivity contribution < 1.29 is 9.53 Å². The van der Waals surface area contributed by atoms with Crippen molar-refractivity contribution in [2.24, 2.45) is 5.41 Å². The molecule has 0 saturated carbocycles. The topological polar surface area (TPSA) is 70.2 Å². The summed E-state index contributed by atoms with van der Waals surface area (Å²) < 4.78 is 5.59. The molecule has 0 radical (unpaired) electrons. The molecule has 6 nitrogen and oxygen atoms in total.